The van der Waals surface area contributed by atoms with Crippen LogP contribution in [0.3, 0.4) is 0 Å². The van der Waals surface area contributed by atoms with E-state index in [4.69, 9.17) is 14.2 Å². The second kappa shape index (κ2) is 8.40. The van der Waals surface area contributed by atoms with Crippen LogP contribution in [0.1, 0.15) is 25.5 Å². The van der Waals surface area contributed by atoms with Crippen LogP contribution in [0.4, 0.5) is 4.79 Å². The van der Waals surface area contributed by atoms with Crippen molar-refractivity contribution in [3.05, 3.63) is 23.8 Å². The number of ether oxygens (including phenoxy) is 3. The van der Waals surface area contributed by atoms with Gasteiger partial charge < -0.3 is 24.8 Å². The molecule has 25 heavy (non-hydrogen) atoms. The summed E-state index contributed by atoms with van der Waals surface area (Å²) < 4.78 is 16.5. The highest BCUT2D eigenvalue weighted by Crippen LogP contribution is 2.32. The van der Waals surface area contributed by atoms with Crippen LogP contribution in [0, 0.1) is 0 Å². The quantitative estimate of drug-likeness (QED) is 0.844. The zero-order valence-corrected chi connectivity index (χ0v) is 14.9. The molecule has 2 aliphatic heterocycles. The number of amides is 2. The van der Waals surface area contributed by atoms with Crippen LogP contribution in [-0.2, 0) is 4.74 Å². The molecule has 2 unspecified atom stereocenters. The highest BCUT2D eigenvalue weighted by atomic mass is 16.6. The predicted molar refractivity (Wildman–Crippen MR) is 94.2 cm³/mol. The van der Waals surface area contributed by atoms with Crippen molar-refractivity contribution in [3.8, 4) is 11.5 Å². The highest BCUT2D eigenvalue weighted by Gasteiger charge is 2.18. The van der Waals surface area contributed by atoms with Crippen LogP contribution in [0.2, 0.25) is 0 Å². The number of hydrogen-bond donors (Lipinski definition) is 2. The Balaban J connectivity index is 1.48. The summed E-state index contributed by atoms with van der Waals surface area (Å²) in [6, 6.07) is 5.56. The number of morpholine rings is 1. The van der Waals surface area contributed by atoms with Crippen LogP contribution in [0.15, 0.2) is 18.2 Å². The molecule has 0 saturated carbocycles. The SMILES string of the molecule is CC(CN1CCOCC1)NC(=O)NC(C)c1ccc2c(c1)OCCO2. The summed E-state index contributed by atoms with van der Waals surface area (Å²) in [5.74, 6) is 1.49. The average molecular weight is 349 g/mol. The summed E-state index contributed by atoms with van der Waals surface area (Å²) in [5.41, 5.74) is 0.986. The van der Waals surface area contributed by atoms with Crippen molar-refractivity contribution in [3.63, 3.8) is 0 Å². The standard InChI is InChI=1S/C18H27N3O4/c1-13(12-21-5-7-23-8-6-21)19-18(22)20-14(2)15-3-4-16-17(11-15)25-10-9-24-16/h3-4,11,13-14H,5-10,12H2,1-2H3,(H2,19,20,22). The van der Waals surface area contributed by atoms with Gasteiger partial charge >= 0.3 is 6.03 Å². The summed E-state index contributed by atoms with van der Waals surface area (Å²) in [5, 5.41) is 5.98. The van der Waals surface area contributed by atoms with E-state index >= 15 is 0 Å². The van der Waals surface area contributed by atoms with Gasteiger partial charge in [0.15, 0.2) is 11.5 Å². The highest BCUT2D eigenvalue weighted by molar-refractivity contribution is 5.74. The first-order chi connectivity index (χ1) is 12.1. The van der Waals surface area contributed by atoms with Gasteiger partial charge in [0.05, 0.1) is 19.3 Å². The van der Waals surface area contributed by atoms with Gasteiger partial charge in [0.2, 0.25) is 0 Å². The number of carbonyl (C=O) groups excluding carboxylic acids is 1. The molecular formula is C18H27N3O4. The van der Waals surface area contributed by atoms with Crippen LogP contribution >= 0.6 is 0 Å². The first-order valence-corrected chi connectivity index (χ1v) is 8.88. The van der Waals surface area contributed by atoms with Crippen LogP contribution < -0.4 is 20.1 Å². The fourth-order valence-electron chi connectivity index (χ4n) is 3.09. The van der Waals surface area contributed by atoms with Crippen molar-refractivity contribution in [1.82, 2.24) is 15.5 Å². The van der Waals surface area contributed by atoms with Crippen molar-refractivity contribution in [2.75, 3.05) is 46.1 Å². The lowest BCUT2D eigenvalue weighted by atomic mass is 10.1. The lowest BCUT2D eigenvalue weighted by Crippen LogP contribution is -2.48. The summed E-state index contributed by atoms with van der Waals surface area (Å²) in [4.78, 5) is 14.6. The first-order valence-electron chi connectivity index (χ1n) is 8.88. The lowest BCUT2D eigenvalue weighted by molar-refractivity contribution is 0.0349. The molecule has 1 aromatic rings. The van der Waals surface area contributed by atoms with E-state index in [0.29, 0.717) is 13.2 Å². The number of nitrogens with zero attached hydrogens (tertiary/aromatic N) is 1. The Labute approximate surface area is 148 Å². The van der Waals surface area contributed by atoms with Crippen LogP contribution in [-0.4, -0.2) is 63.0 Å². The molecule has 2 amide bonds. The minimum absolute atomic E-state index is 0.0746. The number of fused-ring (bicyclic) bond motifs is 1. The van der Waals surface area contributed by atoms with E-state index in [-0.39, 0.29) is 18.1 Å². The zero-order chi connectivity index (χ0) is 17.6. The fraction of sp³-hybridized carbons (Fsp3) is 0.611. The lowest BCUT2D eigenvalue weighted by Gasteiger charge is -2.29. The molecule has 2 aliphatic rings. The molecule has 0 spiro atoms. The van der Waals surface area contributed by atoms with Gasteiger partial charge in [-0.15, -0.1) is 0 Å². The van der Waals surface area contributed by atoms with E-state index < -0.39 is 0 Å². The summed E-state index contributed by atoms with van der Waals surface area (Å²) in [6.45, 7) is 9.29. The third-order valence-corrected chi connectivity index (χ3v) is 4.43. The third-order valence-electron chi connectivity index (χ3n) is 4.43. The summed E-state index contributed by atoms with van der Waals surface area (Å²) in [6.07, 6.45) is 0. The molecule has 2 N–H and O–H groups in total. The van der Waals surface area contributed by atoms with Crippen molar-refractivity contribution < 1.29 is 19.0 Å². The van der Waals surface area contributed by atoms with Crippen molar-refractivity contribution in [2.45, 2.75) is 25.9 Å². The van der Waals surface area contributed by atoms with E-state index in [1.54, 1.807) is 0 Å². The monoisotopic (exact) mass is 349 g/mol. The Bertz CT molecular complexity index is 590. The third kappa shape index (κ3) is 4.99. The number of rotatable bonds is 5. The van der Waals surface area contributed by atoms with Gasteiger partial charge in [0.1, 0.15) is 13.2 Å². The van der Waals surface area contributed by atoms with Gasteiger partial charge in [0.25, 0.3) is 0 Å². The molecule has 1 saturated heterocycles. The van der Waals surface area contributed by atoms with E-state index in [2.05, 4.69) is 15.5 Å². The normalized spacial score (nSPS) is 19.8. The Morgan fingerprint density at radius 1 is 1.08 bits per heavy atom. The average Bonchev–Trinajstić information content (AvgIpc) is 2.61. The molecule has 7 heteroatoms. The minimum atomic E-state index is -0.164. The van der Waals surface area contributed by atoms with Gasteiger partial charge in [-0.1, -0.05) is 6.07 Å². The Kier molecular flexibility index (Phi) is 5.99. The zero-order valence-electron chi connectivity index (χ0n) is 14.9. The smallest absolute Gasteiger partial charge is 0.315 e. The van der Waals surface area contributed by atoms with Gasteiger partial charge in [-0.05, 0) is 31.5 Å². The Hall–Kier alpha value is -1.99. The number of hydrogen-bond acceptors (Lipinski definition) is 5. The molecule has 138 valence electrons. The van der Waals surface area contributed by atoms with Crippen molar-refractivity contribution in [1.29, 1.82) is 0 Å². The molecule has 2 atom stereocenters. The van der Waals surface area contributed by atoms with Crippen LogP contribution in [0.25, 0.3) is 0 Å². The molecule has 0 aromatic heterocycles. The number of urea groups is 1. The first kappa shape index (κ1) is 17.8. The van der Waals surface area contributed by atoms with Gasteiger partial charge in [0, 0.05) is 25.7 Å². The van der Waals surface area contributed by atoms with Crippen molar-refractivity contribution in [2.24, 2.45) is 0 Å². The molecule has 1 fully saturated rings. The molecular weight excluding hydrogens is 322 g/mol. The second-order valence-corrected chi connectivity index (χ2v) is 6.56. The van der Waals surface area contributed by atoms with Gasteiger partial charge in [-0.25, -0.2) is 4.79 Å². The van der Waals surface area contributed by atoms with E-state index in [9.17, 15) is 4.79 Å². The van der Waals surface area contributed by atoms with Crippen LogP contribution in [0.5, 0.6) is 11.5 Å². The maximum absolute atomic E-state index is 12.2. The maximum atomic E-state index is 12.2. The topological polar surface area (TPSA) is 72.1 Å². The molecule has 7 nitrogen and oxygen atoms in total. The molecule has 0 aliphatic carbocycles. The number of carbonyl (C=O) groups is 1. The molecule has 3 rings (SSSR count). The Morgan fingerprint density at radius 2 is 1.80 bits per heavy atom. The number of benzene rings is 1. The van der Waals surface area contributed by atoms with E-state index in [1.807, 2.05) is 32.0 Å². The predicted octanol–water partition coefficient (Wildman–Crippen LogP) is 1.54. The van der Waals surface area contributed by atoms with Crippen molar-refractivity contribution >= 4 is 6.03 Å². The van der Waals surface area contributed by atoms with Gasteiger partial charge in [-0.2, -0.15) is 0 Å². The fourth-order valence-corrected chi connectivity index (χ4v) is 3.09. The molecule has 2 heterocycles. The maximum Gasteiger partial charge on any atom is 0.315 e. The largest absolute Gasteiger partial charge is 0.486 e. The summed E-state index contributed by atoms with van der Waals surface area (Å²) in [7, 11) is 0. The summed E-state index contributed by atoms with van der Waals surface area (Å²) >= 11 is 0. The van der Waals surface area contributed by atoms with Gasteiger partial charge in [-0.3, -0.25) is 4.90 Å². The minimum Gasteiger partial charge on any atom is -0.486 e. The molecule has 0 radical (unpaired) electrons. The number of nitrogens with one attached hydrogen (secondary N) is 2. The van der Waals surface area contributed by atoms with E-state index in [0.717, 1.165) is 49.9 Å². The molecule has 1 aromatic carbocycles. The van der Waals surface area contributed by atoms with E-state index in [1.165, 1.54) is 0 Å². The Morgan fingerprint density at radius 3 is 2.56 bits per heavy atom. The second-order valence-electron chi connectivity index (χ2n) is 6.56. The molecule has 0 bridgehead atoms.